The molecule has 1 amide bonds. The van der Waals surface area contributed by atoms with Gasteiger partial charge in [-0.15, -0.1) is 0 Å². The summed E-state index contributed by atoms with van der Waals surface area (Å²) in [5.74, 6) is 0.326. The molecule has 3 rings (SSSR count). The number of sulfonamides is 1. The van der Waals surface area contributed by atoms with Crippen molar-refractivity contribution in [1.29, 1.82) is 5.26 Å². The van der Waals surface area contributed by atoms with Crippen LogP contribution in [0.3, 0.4) is 0 Å². The maximum absolute atomic E-state index is 12.3. The van der Waals surface area contributed by atoms with Crippen LogP contribution in [0, 0.1) is 11.3 Å². The van der Waals surface area contributed by atoms with Gasteiger partial charge in [0.2, 0.25) is 10.0 Å². The minimum atomic E-state index is -3.72. The van der Waals surface area contributed by atoms with Crippen molar-refractivity contribution >= 4 is 21.7 Å². The number of nitrogens with zero attached hydrogens (tertiary/aromatic N) is 2. The van der Waals surface area contributed by atoms with Crippen LogP contribution in [0.4, 0.5) is 5.82 Å². The summed E-state index contributed by atoms with van der Waals surface area (Å²) in [7, 11) is -3.72. The van der Waals surface area contributed by atoms with Gasteiger partial charge in [0.25, 0.3) is 5.91 Å². The molecule has 0 bridgehead atoms. The van der Waals surface area contributed by atoms with Crippen LogP contribution in [0.1, 0.15) is 33.8 Å². The van der Waals surface area contributed by atoms with Gasteiger partial charge in [-0.05, 0) is 49.2 Å². The molecule has 0 spiro atoms. The van der Waals surface area contributed by atoms with Gasteiger partial charge in [-0.25, -0.2) is 13.1 Å². The third kappa shape index (κ3) is 5.05. The lowest BCUT2D eigenvalue weighted by Gasteiger charge is -2.08. The second-order valence-electron chi connectivity index (χ2n) is 6.36. The number of amides is 1. The fraction of sp³-hybridized carbons (Fsp3) is 0.211. The lowest BCUT2D eigenvalue weighted by Crippen LogP contribution is -2.25. The van der Waals surface area contributed by atoms with Crippen LogP contribution in [0.15, 0.2) is 52.0 Å². The number of carbonyl (C=O) groups excluding carboxylic acids is 1. The zero-order valence-electron chi connectivity index (χ0n) is 15.9. The van der Waals surface area contributed by atoms with Gasteiger partial charge in [0.1, 0.15) is 17.4 Å². The van der Waals surface area contributed by atoms with E-state index in [2.05, 4.69) is 20.2 Å². The Bertz CT molecular complexity index is 1140. The topological polar surface area (TPSA) is 167 Å². The highest BCUT2D eigenvalue weighted by molar-refractivity contribution is 7.89. The Labute approximate surface area is 173 Å². The van der Waals surface area contributed by atoms with Gasteiger partial charge in [0.05, 0.1) is 23.4 Å². The van der Waals surface area contributed by atoms with Crippen LogP contribution in [0.5, 0.6) is 0 Å². The lowest BCUT2D eigenvalue weighted by molar-refractivity contribution is 0.0953. The van der Waals surface area contributed by atoms with Crippen LogP contribution in [-0.4, -0.2) is 31.1 Å². The van der Waals surface area contributed by atoms with Crippen LogP contribution in [0.2, 0.25) is 0 Å². The fourth-order valence-electron chi connectivity index (χ4n) is 2.72. The smallest absolute Gasteiger partial charge is 0.251 e. The molecule has 0 saturated carbocycles. The molecule has 0 saturated heterocycles. The van der Waals surface area contributed by atoms with Crippen molar-refractivity contribution in [3.05, 3.63) is 65.2 Å². The Morgan fingerprint density at radius 3 is 2.70 bits per heavy atom. The fourth-order valence-corrected chi connectivity index (χ4v) is 3.71. The summed E-state index contributed by atoms with van der Waals surface area (Å²) in [4.78, 5) is 12.3. The molecule has 2 aromatic heterocycles. The molecular formula is C19H20N6O4S. The number of carbonyl (C=O) groups is 1. The number of aromatic amines is 1. The first kappa shape index (κ1) is 21.1. The quantitative estimate of drug-likeness (QED) is 0.373. The Morgan fingerprint density at radius 1 is 1.27 bits per heavy atom. The third-order valence-electron chi connectivity index (χ3n) is 4.31. The normalized spacial score (nSPS) is 11.2. The van der Waals surface area contributed by atoms with Crippen molar-refractivity contribution in [3.63, 3.8) is 0 Å². The zero-order valence-corrected chi connectivity index (χ0v) is 16.7. The van der Waals surface area contributed by atoms with Crippen molar-refractivity contribution in [2.45, 2.75) is 24.3 Å². The first-order valence-corrected chi connectivity index (χ1v) is 10.5. The molecule has 30 heavy (non-hydrogen) atoms. The molecule has 3 aromatic rings. The highest BCUT2D eigenvalue weighted by Gasteiger charge is 2.15. The molecule has 0 fully saturated rings. The minimum absolute atomic E-state index is 0.0348. The van der Waals surface area contributed by atoms with Crippen molar-refractivity contribution in [1.82, 2.24) is 20.2 Å². The van der Waals surface area contributed by atoms with Crippen molar-refractivity contribution in [3.8, 4) is 6.07 Å². The summed E-state index contributed by atoms with van der Waals surface area (Å²) in [5, 5.41) is 18.3. The average molecular weight is 428 g/mol. The Kier molecular flexibility index (Phi) is 6.51. The number of nitriles is 1. The number of nitrogen functional groups attached to an aromatic ring is 1. The number of aromatic nitrogens is 2. The van der Waals surface area contributed by atoms with Gasteiger partial charge in [-0.1, -0.05) is 0 Å². The zero-order chi connectivity index (χ0) is 21.6. The molecule has 0 aliphatic carbocycles. The molecule has 0 aliphatic rings. The maximum atomic E-state index is 12.3. The Morgan fingerprint density at radius 2 is 2.03 bits per heavy atom. The maximum Gasteiger partial charge on any atom is 0.251 e. The molecule has 2 heterocycles. The predicted octanol–water partition coefficient (Wildman–Crippen LogP) is 1.30. The second-order valence-corrected chi connectivity index (χ2v) is 8.13. The number of nitrogens with two attached hydrogens (primary N) is 1. The molecule has 0 unspecified atom stereocenters. The number of hydrogen-bond donors (Lipinski definition) is 4. The highest BCUT2D eigenvalue weighted by atomic mass is 32.2. The standard InChI is InChI=1S/C19H20N6O4S/c20-11-16-17(24-25-18(16)21)4-1-9-22-19(26)13-5-7-15(8-6-13)30(27,28)23-12-14-3-2-10-29-14/h2-3,5-8,10,23H,1,4,9,12H2,(H,22,26)(H3,21,24,25). The number of aryl methyl sites for hydroxylation is 1. The van der Waals surface area contributed by atoms with Gasteiger partial charge in [0, 0.05) is 12.1 Å². The van der Waals surface area contributed by atoms with Crippen LogP contribution >= 0.6 is 0 Å². The molecule has 1 aromatic carbocycles. The van der Waals surface area contributed by atoms with Gasteiger partial charge < -0.3 is 15.5 Å². The molecule has 5 N–H and O–H groups in total. The SMILES string of the molecule is N#Cc1c(N)n[nH]c1CCCNC(=O)c1ccc(S(=O)(=O)NCc2ccco2)cc1. The number of nitrogens with one attached hydrogen (secondary N) is 3. The number of furan rings is 1. The van der Waals surface area contributed by atoms with Gasteiger partial charge in [0.15, 0.2) is 5.82 Å². The first-order chi connectivity index (χ1) is 14.4. The Hall–Kier alpha value is -3.62. The number of benzene rings is 1. The van der Waals surface area contributed by atoms with Gasteiger partial charge >= 0.3 is 0 Å². The summed E-state index contributed by atoms with van der Waals surface area (Å²) < 4.78 is 32.2. The van der Waals surface area contributed by atoms with E-state index < -0.39 is 10.0 Å². The molecule has 10 nitrogen and oxygen atoms in total. The summed E-state index contributed by atoms with van der Waals surface area (Å²) in [5.41, 5.74) is 6.86. The summed E-state index contributed by atoms with van der Waals surface area (Å²) in [6.45, 7) is 0.403. The average Bonchev–Trinajstić information content (AvgIpc) is 3.39. The van der Waals surface area contributed by atoms with E-state index in [1.54, 1.807) is 12.1 Å². The number of rotatable bonds is 9. The largest absolute Gasteiger partial charge is 0.468 e. The summed E-state index contributed by atoms with van der Waals surface area (Å²) in [6, 6.07) is 10.9. The molecule has 0 atom stereocenters. The number of anilines is 1. The molecular weight excluding hydrogens is 408 g/mol. The second kappa shape index (κ2) is 9.25. The minimum Gasteiger partial charge on any atom is -0.468 e. The van der Waals surface area contributed by atoms with E-state index in [0.29, 0.717) is 42.0 Å². The number of H-pyrrole nitrogens is 1. The summed E-state index contributed by atoms with van der Waals surface area (Å²) in [6.07, 6.45) is 2.54. The first-order valence-electron chi connectivity index (χ1n) is 9.04. The van der Waals surface area contributed by atoms with E-state index in [-0.39, 0.29) is 23.2 Å². The molecule has 156 valence electrons. The van der Waals surface area contributed by atoms with Crippen molar-refractivity contribution in [2.24, 2.45) is 0 Å². The van der Waals surface area contributed by atoms with Crippen molar-refractivity contribution < 1.29 is 17.6 Å². The Balaban J connectivity index is 1.50. The monoisotopic (exact) mass is 428 g/mol. The van der Waals surface area contributed by atoms with E-state index in [0.717, 1.165) is 0 Å². The van der Waals surface area contributed by atoms with Crippen molar-refractivity contribution in [2.75, 3.05) is 12.3 Å². The molecule has 0 radical (unpaired) electrons. The lowest BCUT2D eigenvalue weighted by atomic mass is 10.1. The van der Waals surface area contributed by atoms with Crippen LogP contribution in [0.25, 0.3) is 0 Å². The third-order valence-corrected chi connectivity index (χ3v) is 5.73. The van der Waals surface area contributed by atoms with Gasteiger partial charge in [-0.2, -0.15) is 10.4 Å². The van der Waals surface area contributed by atoms with E-state index in [4.69, 9.17) is 15.4 Å². The van der Waals surface area contributed by atoms with E-state index in [1.807, 2.05) is 6.07 Å². The van der Waals surface area contributed by atoms with E-state index in [9.17, 15) is 13.2 Å². The number of hydrogen-bond acceptors (Lipinski definition) is 7. The predicted molar refractivity (Wildman–Crippen MR) is 108 cm³/mol. The molecule has 0 aliphatic heterocycles. The van der Waals surface area contributed by atoms with Crippen LogP contribution < -0.4 is 15.8 Å². The highest BCUT2D eigenvalue weighted by Crippen LogP contribution is 2.14. The molecule has 11 heteroatoms. The van der Waals surface area contributed by atoms with E-state index in [1.165, 1.54) is 30.5 Å². The summed E-state index contributed by atoms with van der Waals surface area (Å²) >= 11 is 0. The van der Waals surface area contributed by atoms with E-state index >= 15 is 0 Å². The van der Waals surface area contributed by atoms with Gasteiger partial charge in [-0.3, -0.25) is 9.89 Å². The van der Waals surface area contributed by atoms with Crippen LogP contribution in [-0.2, 0) is 23.0 Å².